The Balaban J connectivity index is 1.69. The monoisotopic (exact) mass is 370 g/mol. The minimum atomic E-state index is -2.75. The molecule has 1 atom stereocenters. The Labute approximate surface area is 146 Å². The van der Waals surface area contributed by atoms with Gasteiger partial charge in [0.15, 0.2) is 0 Å². The highest BCUT2D eigenvalue weighted by atomic mass is 32.1. The molecule has 0 saturated carbocycles. The fourth-order valence-electron chi connectivity index (χ4n) is 2.65. The van der Waals surface area contributed by atoms with E-state index in [0.29, 0.717) is 10.6 Å². The van der Waals surface area contributed by atoms with Crippen LogP contribution in [0.2, 0.25) is 0 Å². The summed E-state index contributed by atoms with van der Waals surface area (Å²) >= 11 is 1.11. The fourth-order valence-corrected chi connectivity index (χ4v) is 3.46. The number of benzene rings is 1. The van der Waals surface area contributed by atoms with Gasteiger partial charge in [-0.3, -0.25) is 5.32 Å². The normalized spacial score (nSPS) is 19.7. The number of aromatic nitrogens is 2. The predicted octanol–water partition coefficient (Wildman–Crippen LogP) is 4.16. The van der Waals surface area contributed by atoms with Gasteiger partial charge in [0.2, 0.25) is 5.13 Å². The molecule has 1 fully saturated rings. The third-order valence-electron chi connectivity index (χ3n) is 4.29. The minimum absolute atomic E-state index is 0.0160. The number of nitrogens with one attached hydrogen (secondary N) is 1. The van der Waals surface area contributed by atoms with Crippen LogP contribution in [0.5, 0.6) is 0 Å². The molecule has 1 saturated heterocycles. The van der Waals surface area contributed by atoms with E-state index in [1.165, 1.54) is 24.0 Å². The zero-order chi connectivity index (χ0) is 18.2. The highest BCUT2D eigenvalue weighted by Gasteiger charge is 2.42. The standard InChI is InChI=1S/C16H17F3N4OS/c1-9-3-4-11(17)7-12(9)13-21-22-14(25-13)20-15(24)23-6-5-16(18,19)10(2)8-23/h3-4,7,10H,5-6,8H2,1-2H3,(H,20,22,24). The topological polar surface area (TPSA) is 58.1 Å². The van der Waals surface area contributed by atoms with Gasteiger partial charge in [-0.05, 0) is 24.6 Å². The maximum absolute atomic E-state index is 13.5. The summed E-state index contributed by atoms with van der Waals surface area (Å²) in [5.74, 6) is -4.03. The summed E-state index contributed by atoms with van der Waals surface area (Å²) in [5.41, 5.74) is 1.44. The van der Waals surface area contributed by atoms with Crippen LogP contribution in [0.4, 0.5) is 23.1 Å². The summed E-state index contributed by atoms with van der Waals surface area (Å²) in [6, 6.07) is 3.87. The number of piperidine rings is 1. The molecule has 3 rings (SSSR count). The van der Waals surface area contributed by atoms with Gasteiger partial charge in [0.05, 0.1) is 0 Å². The van der Waals surface area contributed by atoms with E-state index >= 15 is 0 Å². The largest absolute Gasteiger partial charge is 0.324 e. The number of carbonyl (C=O) groups excluding carboxylic acids is 1. The molecule has 25 heavy (non-hydrogen) atoms. The quantitative estimate of drug-likeness (QED) is 0.864. The lowest BCUT2D eigenvalue weighted by molar-refractivity contribution is -0.0899. The number of halogens is 3. The number of nitrogens with zero attached hydrogens (tertiary/aromatic N) is 3. The molecule has 0 bridgehead atoms. The maximum atomic E-state index is 13.5. The Bertz CT molecular complexity index is 795. The number of urea groups is 1. The fraction of sp³-hybridized carbons (Fsp3) is 0.438. The number of rotatable bonds is 2. The van der Waals surface area contributed by atoms with Crippen molar-refractivity contribution in [1.82, 2.24) is 15.1 Å². The number of anilines is 1. The molecule has 5 nitrogen and oxygen atoms in total. The van der Waals surface area contributed by atoms with Crippen LogP contribution in [0.25, 0.3) is 10.6 Å². The second-order valence-electron chi connectivity index (χ2n) is 6.16. The molecule has 9 heteroatoms. The SMILES string of the molecule is Cc1ccc(F)cc1-c1nnc(NC(=O)N2CCC(F)(F)C(C)C2)s1. The van der Waals surface area contributed by atoms with E-state index in [1.54, 1.807) is 6.07 Å². The van der Waals surface area contributed by atoms with Gasteiger partial charge in [-0.15, -0.1) is 10.2 Å². The Kier molecular flexibility index (Phi) is 4.68. The molecule has 1 aliphatic rings. The highest BCUT2D eigenvalue weighted by molar-refractivity contribution is 7.18. The summed E-state index contributed by atoms with van der Waals surface area (Å²) in [7, 11) is 0. The van der Waals surface area contributed by atoms with Crippen molar-refractivity contribution in [3.8, 4) is 10.6 Å². The van der Waals surface area contributed by atoms with E-state index in [1.807, 2.05) is 6.92 Å². The molecule has 2 aromatic rings. The van der Waals surface area contributed by atoms with E-state index in [4.69, 9.17) is 0 Å². The van der Waals surface area contributed by atoms with E-state index < -0.39 is 17.9 Å². The van der Waals surface area contributed by atoms with E-state index in [0.717, 1.165) is 16.9 Å². The summed E-state index contributed by atoms with van der Waals surface area (Å²) in [5, 5.41) is 11.2. The van der Waals surface area contributed by atoms with Gasteiger partial charge < -0.3 is 4.90 Å². The van der Waals surface area contributed by atoms with Crippen LogP contribution in [0, 0.1) is 18.7 Å². The highest BCUT2D eigenvalue weighted by Crippen LogP contribution is 2.34. The molecule has 1 aromatic carbocycles. The molecule has 1 aromatic heterocycles. The zero-order valence-electron chi connectivity index (χ0n) is 13.7. The van der Waals surface area contributed by atoms with Crippen LogP contribution in [0.3, 0.4) is 0 Å². The third-order valence-corrected chi connectivity index (χ3v) is 5.16. The molecule has 0 radical (unpaired) electrons. The number of likely N-dealkylation sites (tertiary alicyclic amines) is 1. The van der Waals surface area contributed by atoms with Crippen LogP contribution in [0.1, 0.15) is 18.9 Å². The van der Waals surface area contributed by atoms with Gasteiger partial charge in [-0.2, -0.15) is 0 Å². The van der Waals surface area contributed by atoms with Crippen molar-refractivity contribution in [1.29, 1.82) is 0 Å². The lowest BCUT2D eigenvalue weighted by Gasteiger charge is -2.36. The number of alkyl halides is 2. The predicted molar refractivity (Wildman–Crippen MR) is 89.4 cm³/mol. The Morgan fingerprint density at radius 2 is 2.16 bits per heavy atom. The second kappa shape index (κ2) is 6.62. The first-order valence-electron chi connectivity index (χ1n) is 7.80. The van der Waals surface area contributed by atoms with Crippen molar-refractivity contribution in [3.63, 3.8) is 0 Å². The number of amides is 2. The molecule has 134 valence electrons. The lowest BCUT2D eigenvalue weighted by Crippen LogP contribution is -2.49. The van der Waals surface area contributed by atoms with Crippen molar-refractivity contribution in [2.24, 2.45) is 5.92 Å². The van der Waals surface area contributed by atoms with Crippen molar-refractivity contribution in [2.45, 2.75) is 26.2 Å². The van der Waals surface area contributed by atoms with Crippen molar-refractivity contribution >= 4 is 22.5 Å². The van der Waals surface area contributed by atoms with Gasteiger partial charge in [-0.25, -0.2) is 18.0 Å². The summed E-state index contributed by atoms with van der Waals surface area (Å²) in [4.78, 5) is 13.6. The van der Waals surface area contributed by atoms with Crippen molar-refractivity contribution in [3.05, 3.63) is 29.6 Å². The molecule has 1 unspecified atom stereocenters. The Morgan fingerprint density at radius 1 is 1.40 bits per heavy atom. The minimum Gasteiger partial charge on any atom is -0.324 e. The van der Waals surface area contributed by atoms with Gasteiger partial charge in [0.1, 0.15) is 10.8 Å². The van der Waals surface area contributed by atoms with Crippen LogP contribution in [-0.2, 0) is 0 Å². The smallest absolute Gasteiger partial charge is 0.323 e. The Hall–Kier alpha value is -2.16. The average molecular weight is 370 g/mol. The molecule has 1 aliphatic heterocycles. The summed E-state index contributed by atoms with van der Waals surface area (Å²) in [6.07, 6.45) is -0.356. The third kappa shape index (κ3) is 3.76. The van der Waals surface area contributed by atoms with Gasteiger partial charge >= 0.3 is 6.03 Å². The van der Waals surface area contributed by atoms with E-state index in [-0.39, 0.29) is 30.5 Å². The number of hydrogen-bond donors (Lipinski definition) is 1. The van der Waals surface area contributed by atoms with E-state index in [9.17, 15) is 18.0 Å². The molecule has 2 amide bonds. The molecular formula is C16H17F3N4OS. The van der Waals surface area contributed by atoms with Crippen molar-refractivity contribution in [2.75, 3.05) is 18.4 Å². The molecule has 0 spiro atoms. The van der Waals surface area contributed by atoms with Gasteiger partial charge in [-0.1, -0.05) is 24.3 Å². The van der Waals surface area contributed by atoms with E-state index in [2.05, 4.69) is 15.5 Å². The number of aryl methyl sites for hydroxylation is 1. The number of hydrogen-bond acceptors (Lipinski definition) is 4. The second-order valence-corrected chi connectivity index (χ2v) is 7.14. The Morgan fingerprint density at radius 3 is 2.88 bits per heavy atom. The van der Waals surface area contributed by atoms with Crippen LogP contribution >= 0.6 is 11.3 Å². The van der Waals surface area contributed by atoms with Crippen LogP contribution in [-0.4, -0.2) is 40.1 Å². The molecule has 1 N–H and O–H groups in total. The number of carbonyl (C=O) groups is 1. The molecule has 0 aliphatic carbocycles. The first-order valence-corrected chi connectivity index (χ1v) is 8.61. The van der Waals surface area contributed by atoms with Gasteiger partial charge in [0.25, 0.3) is 5.92 Å². The summed E-state index contributed by atoms with van der Waals surface area (Å²) < 4.78 is 40.4. The van der Waals surface area contributed by atoms with Crippen LogP contribution < -0.4 is 5.32 Å². The lowest BCUT2D eigenvalue weighted by atomic mass is 9.96. The summed E-state index contributed by atoms with van der Waals surface area (Å²) in [6.45, 7) is 3.21. The van der Waals surface area contributed by atoms with Gasteiger partial charge in [0, 0.05) is 31.0 Å². The average Bonchev–Trinajstić information content (AvgIpc) is 3.00. The zero-order valence-corrected chi connectivity index (χ0v) is 14.5. The first-order chi connectivity index (χ1) is 11.8. The van der Waals surface area contributed by atoms with Crippen molar-refractivity contribution < 1.29 is 18.0 Å². The molecular weight excluding hydrogens is 353 g/mol. The first kappa shape index (κ1) is 17.7. The molecule has 2 heterocycles. The maximum Gasteiger partial charge on any atom is 0.323 e. The van der Waals surface area contributed by atoms with Crippen LogP contribution in [0.15, 0.2) is 18.2 Å².